The van der Waals surface area contributed by atoms with Crippen molar-refractivity contribution in [1.29, 1.82) is 0 Å². The molecule has 4 rings (SSSR count). The second-order valence-corrected chi connectivity index (χ2v) is 7.15. The molecule has 6 heteroatoms. The fourth-order valence-electron chi connectivity index (χ4n) is 3.64. The number of amides is 1. The van der Waals surface area contributed by atoms with Crippen LogP contribution in [-0.2, 0) is 12.8 Å². The number of carbonyl (C=O) groups excluding carboxylic acids is 1. The molecular weight excluding hydrogens is 352 g/mol. The number of aryl methyl sites for hydroxylation is 1. The average Bonchev–Trinajstić information content (AvgIpc) is 3.13. The van der Waals surface area contributed by atoms with Crippen molar-refractivity contribution in [2.75, 3.05) is 19.1 Å². The van der Waals surface area contributed by atoms with E-state index in [1.807, 2.05) is 10.7 Å². The van der Waals surface area contributed by atoms with Gasteiger partial charge in [0.1, 0.15) is 0 Å². The summed E-state index contributed by atoms with van der Waals surface area (Å²) < 4.78 is 7.04. The van der Waals surface area contributed by atoms with Crippen LogP contribution >= 0.6 is 0 Å². The smallest absolute Gasteiger partial charge is 0.278 e. The Labute approximate surface area is 164 Å². The maximum absolute atomic E-state index is 13.3. The van der Waals surface area contributed by atoms with Gasteiger partial charge in [0, 0.05) is 24.4 Å². The third-order valence-corrected chi connectivity index (χ3v) is 5.28. The van der Waals surface area contributed by atoms with Crippen LogP contribution in [0, 0.1) is 6.92 Å². The number of anilines is 1. The van der Waals surface area contributed by atoms with Crippen molar-refractivity contribution in [3.05, 3.63) is 65.1 Å². The van der Waals surface area contributed by atoms with Gasteiger partial charge in [0.25, 0.3) is 5.91 Å². The van der Waals surface area contributed by atoms with Gasteiger partial charge in [-0.05, 0) is 50.8 Å². The molecule has 1 amide bonds. The summed E-state index contributed by atoms with van der Waals surface area (Å²) in [6.45, 7) is 2.06. The van der Waals surface area contributed by atoms with Crippen LogP contribution in [-0.4, -0.2) is 34.8 Å². The molecule has 1 aliphatic carbocycles. The van der Waals surface area contributed by atoms with Crippen molar-refractivity contribution in [2.45, 2.75) is 32.6 Å². The maximum Gasteiger partial charge on any atom is 0.278 e. The molecule has 0 spiro atoms. The summed E-state index contributed by atoms with van der Waals surface area (Å²) in [6, 6.07) is 11.8. The van der Waals surface area contributed by atoms with Crippen molar-refractivity contribution < 1.29 is 9.53 Å². The summed E-state index contributed by atoms with van der Waals surface area (Å²) >= 11 is 0. The Kier molecular flexibility index (Phi) is 4.86. The van der Waals surface area contributed by atoms with E-state index in [-0.39, 0.29) is 5.91 Å². The molecule has 0 bridgehead atoms. The minimum atomic E-state index is -0.115. The minimum Gasteiger partial charge on any atom is -0.481 e. The van der Waals surface area contributed by atoms with Crippen LogP contribution in [0.2, 0.25) is 0 Å². The number of carbonyl (C=O) groups is 1. The zero-order valence-electron chi connectivity index (χ0n) is 16.5. The van der Waals surface area contributed by atoms with Crippen LogP contribution in [0.1, 0.15) is 40.2 Å². The Bertz CT molecular complexity index is 991. The molecule has 0 aliphatic heterocycles. The summed E-state index contributed by atoms with van der Waals surface area (Å²) in [5.74, 6) is 0.404. The van der Waals surface area contributed by atoms with Crippen molar-refractivity contribution in [2.24, 2.45) is 0 Å². The average molecular weight is 376 g/mol. The third-order valence-electron chi connectivity index (χ3n) is 5.28. The fourth-order valence-corrected chi connectivity index (χ4v) is 3.64. The van der Waals surface area contributed by atoms with Crippen LogP contribution in [0.25, 0.3) is 5.69 Å². The Balaban J connectivity index is 1.72. The molecule has 0 N–H and O–H groups in total. The highest BCUT2D eigenvalue weighted by Gasteiger charge is 2.28. The summed E-state index contributed by atoms with van der Waals surface area (Å²) in [5, 5.41) is 4.75. The molecule has 0 unspecified atom stereocenters. The highest BCUT2D eigenvalue weighted by atomic mass is 16.5. The van der Waals surface area contributed by atoms with Gasteiger partial charge in [0.15, 0.2) is 5.69 Å². The monoisotopic (exact) mass is 376 g/mol. The molecular formula is C22H24N4O2. The van der Waals surface area contributed by atoms with Gasteiger partial charge in [-0.25, -0.2) is 9.67 Å². The molecule has 0 atom stereocenters. The van der Waals surface area contributed by atoms with Crippen molar-refractivity contribution in [3.8, 4) is 11.6 Å². The van der Waals surface area contributed by atoms with Crippen molar-refractivity contribution in [3.63, 3.8) is 0 Å². The Morgan fingerprint density at radius 2 is 1.86 bits per heavy atom. The number of hydrogen-bond donors (Lipinski definition) is 0. The summed E-state index contributed by atoms with van der Waals surface area (Å²) in [4.78, 5) is 19.1. The van der Waals surface area contributed by atoms with Gasteiger partial charge in [-0.3, -0.25) is 4.79 Å². The molecule has 0 radical (unpaired) electrons. The van der Waals surface area contributed by atoms with Crippen LogP contribution in [0.4, 0.5) is 5.69 Å². The van der Waals surface area contributed by atoms with E-state index in [0.717, 1.165) is 42.6 Å². The fraction of sp³-hybridized carbons (Fsp3) is 0.318. The molecule has 0 saturated heterocycles. The van der Waals surface area contributed by atoms with Crippen molar-refractivity contribution >= 4 is 11.6 Å². The van der Waals surface area contributed by atoms with Gasteiger partial charge in [-0.1, -0.05) is 17.7 Å². The van der Waals surface area contributed by atoms with Gasteiger partial charge >= 0.3 is 0 Å². The predicted octanol–water partition coefficient (Wildman–Crippen LogP) is 3.74. The number of nitrogens with zero attached hydrogens (tertiary/aromatic N) is 4. The largest absolute Gasteiger partial charge is 0.481 e. The van der Waals surface area contributed by atoms with Gasteiger partial charge in [0.05, 0.1) is 24.7 Å². The lowest BCUT2D eigenvalue weighted by Crippen LogP contribution is -2.28. The van der Waals surface area contributed by atoms with Crippen molar-refractivity contribution in [1.82, 2.24) is 14.8 Å². The first kappa shape index (κ1) is 18.2. The zero-order chi connectivity index (χ0) is 19.7. The summed E-state index contributed by atoms with van der Waals surface area (Å²) in [7, 11) is 3.33. The highest BCUT2D eigenvalue weighted by molar-refractivity contribution is 6.05. The van der Waals surface area contributed by atoms with Gasteiger partial charge < -0.3 is 9.64 Å². The topological polar surface area (TPSA) is 60.2 Å². The zero-order valence-corrected chi connectivity index (χ0v) is 16.5. The van der Waals surface area contributed by atoms with Crippen LogP contribution in [0.5, 0.6) is 5.88 Å². The molecule has 3 aromatic rings. The summed E-state index contributed by atoms with van der Waals surface area (Å²) in [5.41, 5.74) is 5.67. The SMILES string of the molecule is COc1ccc(N(C)C(=O)c2nn(-c3ccc(C)cc3)c3c2CCCC3)cn1. The molecule has 2 aromatic heterocycles. The van der Waals surface area contributed by atoms with Crippen LogP contribution < -0.4 is 9.64 Å². The Morgan fingerprint density at radius 3 is 2.54 bits per heavy atom. The summed E-state index contributed by atoms with van der Waals surface area (Å²) in [6.07, 6.45) is 5.67. The molecule has 2 heterocycles. The lowest BCUT2D eigenvalue weighted by molar-refractivity contribution is 0.0986. The molecule has 0 fully saturated rings. The molecule has 0 saturated carbocycles. The van der Waals surface area contributed by atoms with Gasteiger partial charge in [-0.15, -0.1) is 0 Å². The van der Waals surface area contributed by atoms with E-state index in [4.69, 9.17) is 9.84 Å². The first-order chi connectivity index (χ1) is 13.6. The normalized spacial score (nSPS) is 13.1. The lowest BCUT2D eigenvalue weighted by Gasteiger charge is -2.18. The lowest BCUT2D eigenvalue weighted by atomic mass is 9.95. The van der Waals surface area contributed by atoms with Gasteiger partial charge in [-0.2, -0.15) is 5.10 Å². The van der Waals surface area contributed by atoms with E-state index in [9.17, 15) is 4.79 Å². The van der Waals surface area contributed by atoms with E-state index in [1.54, 1.807) is 31.3 Å². The molecule has 6 nitrogen and oxygen atoms in total. The minimum absolute atomic E-state index is 0.115. The second kappa shape index (κ2) is 7.46. The number of aromatic nitrogens is 3. The van der Waals surface area contributed by atoms with E-state index in [2.05, 4.69) is 36.2 Å². The van der Waals surface area contributed by atoms with E-state index < -0.39 is 0 Å². The number of benzene rings is 1. The Hall–Kier alpha value is -3.15. The molecule has 1 aromatic carbocycles. The maximum atomic E-state index is 13.3. The quantitative estimate of drug-likeness (QED) is 0.696. The van der Waals surface area contributed by atoms with Crippen LogP contribution in [0.3, 0.4) is 0 Å². The van der Waals surface area contributed by atoms with E-state index in [0.29, 0.717) is 17.3 Å². The molecule has 1 aliphatic rings. The van der Waals surface area contributed by atoms with Crippen LogP contribution in [0.15, 0.2) is 42.6 Å². The highest BCUT2D eigenvalue weighted by Crippen LogP contribution is 2.28. The number of hydrogen-bond acceptors (Lipinski definition) is 4. The Morgan fingerprint density at radius 1 is 1.11 bits per heavy atom. The number of fused-ring (bicyclic) bond motifs is 1. The first-order valence-electron chi connectivity index (χ1n) is 9.54. The standard InChI is InChI=1S/C22H24N4O2/c1-15-8-10-16(11-9-15)26-19-7-5-4-6-18(19)21(24-26)22(27)25(2)17-12-13-20(28-3)23-14-17/h8-14H,4-7H2,1-3H3. The number of ether oxygens (including phenoxy) is 1. The first-order valence-corrected chi connectivity index (χ1v) is 9.54. The number of rotatable bonds is 4. The molecule has 144 valence electrons. The number of methoxy groups -OCH3 is 1. The second-order valence-electron chi connectivity index (χ2n) is 7.15. The number of pyridine rings is 1. The predicted molar refractivity (Wildman–Crippen MR) is 108 cm³/mol. The van der Waals surface area contributed by atoms with E-state index >= 15 is 0 Å². The molecule has 28 heavy (non-hydrogen) atoms. The van der Waals surface area contributed by atoms with Gasteiger partial charge in [0.2, 0.25) is 5.88 Å². The third kappa shape index (κ3) is 3.26. The van der Waals surface area contributed by atoms with E-state index in [1.165, 1.54) is 5.56 Å².